The molecule has 0 bridgehead atoms. The standard InChI is InChI=1S/C13H13NOS/c1-10(9-16)8-15-12-5-4-11-3-2-6-14-13(11)7-12/h2-7,16H,1,8-9H2. The lowest BCUT2D eigenvalue weighted by Crippen LogP contribution is -2.01. The van der Waals surface area contributed by atoms with Gasteiger partial charge >= 0.3 is 0 Å². The van der Waals surface area contributed by atoms with E-state index in [1.165, 1.54) is 0 Å². The van der Waals surface area contributed by atoms with Crippen LogP contribution < -0.4 is 4.74 Å². The highest BCUT2D eigenvalue weighted by molar-refractivity contribution is 7.80. The smallest absolute Gasteiger partial charge is 0.121 e. The first-order valence-corrected chi connectivity index (χ1v) is 5.68. The van der Waals surface area contributed by atoms with Gasteiger partial charge in [-0.25, -0.2) is 0 Å². The predicted molar refractivity (Wildman–Crippen MR) is 70.2 cm³/mol. The topological polar surface area (TPSA) is 22.1 Å². The lowest BCUT2D eigenvalue weighted by atomic mass is 10.2. The number of aromatic nitrogens is 1. The fraction of sp³-hybridized carbons (Fsp3) is 0.154. The number of rotatable bonds is 4. The number of pyridine rings is 1. The Bertz CT molecular complexity index is 510. The number of fused-ring (bicyclic) bond motifs is 1. The molecule has 16 heavy (non-hydrogen) atoms. The predicted octanol–water partition coefficient (Wildman–Crippen LogP) is 3.10. The highest BCUT2D eigenvalue weighted by Crippen LogP contribution is 2.19. The van der Waals surface area contributed by atoms with Crippen molar-refractivity contribution in [3.8, 4) is 5.75 Å². The number of thiol groups is 1. The molecule has 82 valence electrons. The van der Waals surface area contributed by atoms with Gasteiger partial charge in [0, 0.05) is 23.4 Å². The Kier molecular flexibility index (Phi) is 3.47. The molecule has 1 aromatic heterocycles. The Morgan fingerprint density at radius 2 is 2.25 bits per heavy atom. The zero-order valence-corrected chi connectivity index (χ0v) is 9.78. The van der Waals surface area contributed by atoms with Crippen LogP contribution in [0.3, 0.4) is 0 Å². The van der Waals surface area contributed by atoms with Gasteiger partial charge in [-0.1, -0.05) is 12.6 Å². The molecule has 0 aliphatic heterocycles. The number of hydrogen-bond acceptors (Lipinski definition) is 3. The molecular weight excluding hydrogens is 218 g/mol. The SMILES string of the molecule is C=C(CS)COc1ccc2cccnc2c1. The van der Waals surface area contributed by atoms with Crippen LogP contribution in [0.1, 0.15) is 0 Å². The van der Waals surface area contributed by atoms with E-state index in [-0.39, 0.29) is 0 Å². The van der Waals surface area contributed by atoms with E-state index in [0.29, 0.717) is 12.4 Å². The molecule has 0 aliphatic carbocycles. The average molecular weight is 231 g/mol. The van der Waals surface area contributed by atoms with Crippen molar-refractivity contribution in [2.45, 2.75) is 0 Å². The lowest BCUT2D eigenvalue weighted by molar-refractivity contribution is 0.354. The van der Waals surface area contributed by atoms with Crippen molar-refractivity contribution in [2.75, 3.05) is 12.4 Å². The van der Waals surface area contributed by atoms with Crippen molar-refractivity contribution in [3.63, 3.8) is 0 Å². The summed E-state index contributed by atoms with van der Waals surface area (Å²) in [6, 6.07) is 9.82. The minimum absolute atomic E-state index is 0.502. The van der Waals surface area contributed by atoms with Crippen LogP contribution in [0.25, 0.3) is 10.9 Å². The van der Waals surface area contributed by atoms with Gasteiger partial charge < -0.3 is 4.74 Å². The summed E-state index contributed by atoms with van der Waals surface area (Å²) in [6.45, 7) is 4.34. The fourth-order valence-corrected chi connectivity index (χ4v) is 1.46. The van der Waals surface area contributed by atoms with Gasteiger partial charge in [-0.05, 0) is 23.8 Å². The maximum Gasteiger partial charge on any atom is 0.121 e. The van der Waals surface area contributed by atoms with E-state index < -0.39 is 0 Å². The summed E-state index contributed by atoms with van der Waals surface area (Å²) in [4.78, 5) is 4.27. The molecular formula is C13H13NOS. The summed E-state index contributed by atoms with van der Waals surface area (Å²) in [5, 5.41) is 1.11. The average Bonchev–Trinajstić information content (AvgIpc) is 2.35. The molecule has 2 rings (SSSR count). The maximum absolute atomic E-state index is 5.58. The molecule has 0 saturated carbocycles. The number of hydrogen-bond donors (Lipinski definition) is 1. The van der Waals surface area contributed by atoms with Crippen LogP contribution in [-0.4, -0.2) is 17.3 Å². The summed E-state index contributed by atoms with van der Waals surface area (Å²) >= 11 is 4.13. The monoisotopic (exact) mass is 231 g/mol. The fourth-order valence-electron chi connectivity index (χ4n) is 1.37. The summed E-state index contributed by atoms with van der Waals surface area (Å²) in [5.74, 6) is 1.46. The van der Waals surface area contributed by atoms with Gasteiger partial charge in [0.15, 0.2) is 0 Å². The second-order valence-electron chi connectivity index (χ2n) is 3.55. The molecule has 0 amide bonds. The highest BCUT2D eigenvalue weighted by atomic mass is 32.1. The Morgan fingerprint density at radius 1 is 1.38 bits per heavy atom. The highest BCUT2D eigenvalue weighted by Gasteiger charge is 1.98. The summed E-state index contributed by atoms with van der Waals surface area (Å²) in [5.41, 5.74) is 1.90. The van der Waals surface area contributed by atoms with Crippen LogP contribution in [0.5, 0.6) is 5.75 Å². The van der Waals surface area contributed by atoms with Gasteiger partial charge in [-0.3, -0.25) is 4.98 Å². The van der Waals surface area contributed by atoms with Crippen LogP contribution in [0.15, 0.2) is 48.7 Å². The third-order valence-electron chi connectivity index (χ3n) is 2.24. The van der Waals surface area contributed by atoms with Gasteiger partial charge in [0.25, 0.3) is 0 Å². The number of nitrogens with zero attached hydrogens (tertiary/aromatic N) is 1. The van der Waals surface area contributed by atoms with E-state index in [2.05, 4.69) is 24.2 Å². The molecule has 0 saturated heterocycles. The Labute approximate surface area is 100 Å². The second-order valence-corrected chi connectivity index (χ2v) is 3.87. The Balaban J connectivity index is 2.16. The normalized spacial score (nSPS) is 10.3. The van der Waals surface area contributed by atoms with Gasteiger partial charge in [-0.2, -0.15) is 12.6 Å². The van der Waals surface area contributed by atoms with Crippen LogP contribution in [0.4, 0.5) is 0 Å². The third-order valence-corrected chi connectivity index (χ3v) is 2.69. The van der Waals surface area contributed by atoms with E-state index in [0.717, 1.165) is 22.2 Å². The number of ether oxygens (including phenoxy) is 1. The molecule has 1 heterocycles. The van der Waals surface area contributed by atoms with Gasteiger partial charge in [0.1, 0.15) is 12.4 Å². The van der Waals surface area contributed by atoms with Crippen molar-refractivity contribution >= 4 is 23.5 Å². The molecule has 0 fully saturated rings. The van der Waals surface area contributed by atoms with E-state index in [1.807, 2.05) is 30.3 Å². The molecule has 0 N–H and O–H groups in total. The second kappa shape index (κ2) is 5.03. The quantitative estimate of drug-likeness (QED) is 0.645. The molecule has 2 aromatic rings. The van der Waals surface area contributed by atoms with Gasteiger partial charge in [0.05, 0.1) is 5.52 Å². The minimum atomic E-state index is 0.502. The summed E-state index contributed by atoms with van der Waals surface area (Å²) < 4.78 is 5.58. The number of benzene rings is 1. The summed E-state index contributed by atoms with van der Waals surface area (Å²) in [7, 11) is 0. The molecule has 2 nitrogen and oxygen atoms in total. The van der Waals surface area contributed by atoms with E-state index in [4.69, 9.17) is 4.74 Å². The molecule has 0 atom stereocenters. The van der Waals surface area contributed by atoms with E-state index in [1.54, 1.807) is 6.20 Å². The molecule has 0 unspecified atom stereocenters. The van der Waals surface area contributed by atoms with Crippen molar-refractivity contribution in [2.24, 2.45) is 0 Å². The first-order valence-electron chi connectivity index (χ1n) is 5.04. The first-order chi connectivity index (χ1) is 7.79. The van der Waals surface area contributed by atoms with Crippen molar-refractivity contribution in [1.29, 1.82) is 0 Å². The van der Waals surface area contributed by atoms with Crippen molar-refractivity contribution < 1.29 is 4.74 Å². The van der Waals surface area contributed by atoms with Crippen molar-refractivity contribution in [3.05, 3.63) is 48.7 Å². The molecule has 1 aromatic carbocycles. The Morgan fingerprint density at radius 3 is 3.06 bits per heavy atom. The van der Waals surface area contributed by atoms with Gasteiger partial charge in [-0.15, -0.1) is 0 Å². The molecule has 0 radical (unpaired) electrons. The van der Waals surface area contributed by atoms with Crippen molar-refractivity contribution in [1.82, 2.24) is 4.98 Å². The van der Waals surface area contributed by atoms with Crippen LogP contribution in [0.2, 0.25) is 0 Å². The zero-order valence-electron chi connectivity index (χ0n) is 8.89. The lowest BCUT2D eigenvalue weighted by Gasteiger charge is -2.07. The Hall–Kier alpha value is -1.48. The zero-order chi connectivity index (χ0) is 11.4. The van der Waals surface area contributed by atoms with Crippen LogP contribution >= 0.6 is 12.6 Å². The third kappa shape index (κ3) is 2.55. The maximum atomic E-state index is 5.58. The first kappa shape index (κ1) is 11.0. The van der Waals surface area contributed by atoms with Crippen LogP contribution in [0, 0.1) is 0 Å². The molecule has 0 aliphatic rings. The summed E-state index contributed by atoms with van der Waals surface area (Å²) in [6.07, 6.45) is 1.78. The molecule has 3 heteroatoms. The van der Waals surface area contributed by atoms with Gasteiger partial charge in [0.2, 0.25) is 0 Å². The van der Waals surface area contributed by atoms with E-state index in [9.17, 15) is 0 Å². The van der Waals surface area contributed by atoms with Crippen LogP contribution in [-0.2, 0) is 0 Å². The minimum Gasteiger partial charge on any atom is -0.489 e. The largest absolute Gasteiger partial charge is 0.489 e. The molecule has 0 spiro atoms. The van der Waals surface area contributed by atoms with E-state index >= 15 is 0 Å².